The first-order chi connectivity index (χ1) is 10.1. The Morgan fingerprint density at radius 2 is 2.29 bits per heavy atom. The van der Waals surface area contributed by atoms with Gasteiger partial charge in [-0.05, 0) is 17.7 Å². The highest BCUT2D eigenvalue weighted by Crippen LogP contribution is 2.39. The van der Waals surface area contributed by atoms with Crippen molar-refractivity contribution in [2.75, 3.05) is 6.79 Å². The summed E-state index contributed by atoms with van der Waals surface area (Å²) >= 11 is 6.12. The lowest BCUT2D eigenvalue weighted by atomic mass is 10.2. The monoisotopic (exact) mass is 309 g/mol. The van der Waals surface area contributed by atoms with Crippen LogP contribution in [-0.2, 0) is 17.8 Å². The smallest absolute Gasteiger partial charge is 0.303 e. The number of hydrogen-bond donors (Lipinski definition) is 1. The summed E-state index contributed by atoms with van der Waals surface area (Å²) in [6.45, 7) is 0.637. The van der Waals surface area contributed by atoms with Crippen LogP contribution in [0.25, 0.3) is 0 Å². The quantitative estimate of drug-likeness (QED) is 0.905. The Labute approximate surface area is 125 Å². The number of aromatic nitrogens is 3. The summed E-state index contributed by atoms with van der Waals surface area (Å²) in [6, 6.07) is 3.63. The van der Waals surface area contributed by atoms with Gasteiger partial charge in [0.25, 0.3) is 0 Å². The number of rotatable bonds is 5. The maximum absolute atomic E-state index is 10.5. The first-order valence-electron chi connectivity index (χ1n) is 6.30. The van der Waals surface area contributed by atoms with E-state index in [1.807, 2.05) is 6.07 Å². The molecule has 0 spiro atoms. The zero-order valence-electron chi connectivity index (χ0n) is 11.0. The molecular weight excluding hydrogens is 298 g/mol. The molecule has 0 saturated heterocycles. The zero-order valence-corrected chi connectivity index (χ0v) is 11.7. The number of carbonyl (C=O) groups is 1. The molecule has 8 heteroatoms. The molecule has 1 aliphatic heterocycles. The molecule has 0 atom stereocenters. The third kappa shape index (κ3) is 3.08. The van der Waals surface area contributed by atoms with Crippen molar-refractivity contribution in [2.24, 2.45) is 0 Å². The molecule has 0 fully saturated rings. The Morgan fingerprint density at radius 3 is 3.10 bits per heavy atom. The van der Waals surface area contributed by atoms with Crippen LogP contribution in [0.2, 0.25) is 5.02 Å². The van der Waals surface area contributed by atoms with Gasteiger partial charge in [-0.3, -0.25) is 4.79 Å². The minimum absolute atomic E-state index is 0.0363. The molecule has 2 heterocycles. The highest BCUT2D eigenvalue weighted by Gasteiger charge is 2.18. The number of carboxylic acids is 1. The first kappa shape index (κ1) is 13.7. The summed E-state index contributed by atoms with van der Waals surface area (Å²) in [4.78, 5) is 10.5. The molecule has 7 nitrogen and oxygen atoms in total. The van der Waals surface area contributed by atoms with Crippen molar-refractivity contribution < 1.29 is 19.4 Å². The maximum atomic E-state index is 10.5. The van der Waals surface area contributed by atoms with Gasteiger partial charge in [0.2, 0.25) is 6.79 Å². The molecule has 0 amide bonds. The third-order valence-corrected chi connectivity index (χ3v) is 3.29. The van der Waals surface area contributed by atoms with E-state index in [1.165, 1.54) is 0 Å². The van der Waals surface area contributed by atoms with Gasteiger partial charge >= 0.3 is 5.97 Å². The van der Waals surface area contributed by atoms with E-state index in [0.717, 1.165) is 5.56 Å². The first-order valence-corrected chi connectivity index (χ1v) is 6.68. The molecule has 1 N–H and O–H groups in total. The largest absolute Gasteiger partial charge is 0.481 e. The molecule has 0 unspecified atom stereocenters. The van der Waals surface area contributed by atoms with Crippen molar-refractivity contribution in [1.29, 1.82) is 0 Å². The molecule has 1 aromatic carbocycles. The molecule has 0 bridgehead atoms. The van der Waals surface area contributed by atoms with E-state index in [1.54, 1.807) is 16.9 Å². The van der Waals surface area contributed by atoms with Crippen LogP contribution in [0, 0.1) is 0 Å². The summed E-state index contributed by atoms with van der Waals surface area (Å²) < 4.78 is 12.2. The molecular formula is C13H12ClN3O4. The van der Waals surface area contributed by atoms with Gasteiger partial charge in [0, 0.05) is 12.6 Å². The Balaban J connectivity index is 1.72. The van der Waals surface area contributed by atoms with Gasteiger partial charge in [-0.2, -0.15) is 0 Å². The van der Waals surface area contributed by atoms with Crippen LogP contribution in [0.5, 0.6) is 11.5 Å². The third-order valence-electron chi connectivity index (χ3n) is 3.01. The van der Waals surface area contributed by atoms with Gasteiger partial charge in [-0.1, -0.05) is 16.8 Å². The van der Waals surface area contributed by atoms with E-state index < -0.39 is 5.97 Å². The molecule has 0 radical (unpaired) electrons. The van der Waals surface area contributed by atoms with E-state index in [9.17, 15) is 4.79 Å². The Morgan fingerprint density at radius 1 is 1.43 bits per heavy atom. The van der Waals surface area contributed by atoms with E-state index in [4.69, 9.17) is 26.2 Å². The predicted octanol–water partition coefficient (Wildman–Crippen LogP) is 1.73. The van der Waals surface area contributed by atoms with Gasteiger partial charge in [-0.25, -0.2) is 4.68 Å². The van der Waals surface area contributed by atoms with Crippen LogP contribution < -0.4 is 9.47 Å². The summed E-state index contributed by atoms with van der Waals surface area (Å²) in [5.41, 5.74) is 1.54. The molecule has 1 aliphatic rings. The number of nitrogens with zero attached hydrogens (tertiary/aromatic N) is 3. The van der Waals surface area contributed by atoms with Gasteiger partial charge < -0.3 is 14.6 Å². The average molecular weight is 310 g/mol. The lowest BCUT2D eigenvalue weighted by Crippen LogP contribution is -2.00. The van der Waals surface area contributed by atoms with Crippen molar-refractivity contribution in [2.45, 2.75) is 19.4 Å². The van der Waals surface area contributed by atoms with Gasteiger partial charge in [0.1, 0.15) is 0 Å². The number of hydrogen-bond acceptors (Lipinski definition) is 5. The minimum Gasteiger partial charge on any atom is -0.481 e. The fourth-order valence-electron chi connectivity index (χ4n) is 2.06. The lowest BCUT2D eigenvalue weighted by molar-refractivity contribution is -0.136. The van der Waals surface area contributed by atoms with Crippen molar-refractivity contribution in [3.8, 4) is 11.5 Å². The normalized spacial score (nSPS) is 12.6. The Hall–Kier alpha value is -2.28. The fourth-order valence-corrected chi connectivity index (χ4v) is 2.35. The summed E-state index contributed by atoms with van der Waals surface area (Å²) in [5.74, 6) is 0.317. The van der Waals surface area contributed by atoms with E-state index in [0.29, 0.717) is 35.2 Å². The number of ether oxygens (including phenoxy) is 2. The van der Waals surface area contributed by atoms with Crippen molar-refractivity contribution in [3.05, 3.63) is 34.6 Å². The lowest BCUT2D eigenvalue weighted by Gasteiger charge is -2.04. The van der Waals surface area contributed by atoms with Crippen molar-refractivity contribution in [3.63, 3.8) is 0 Å². The number of halogens is 1. The number of carboxylic acid groups (broad SMARTS) is 1. The summed E-state index contributed by atoms with van der Waals surface area (Å²) in [5, 5.41) is 17.0. The highest BCUT2D eigenvalue weighted by atomic mass is 35.5. The summed E-state index contributed by atoms with van der Waals surface area (Å²) in [7, 11) is 0. The predicted molar refractivity (Wildman–Crippen MR) is 72.7 cm³/mol. The number of aryl methyl sites for hydroxylation is 1. The zero-order chi connectivity index (χ0) is 14.8. The van der Waals surface area contributed by atoms with Crippen LogP contribution in [0.4, 0.5) is 0 Å². The molecule has 2 aromatic rings. The van der Waals surface area contributed by atoms with Crippen LogP contribution >= 0.6 is 11.6 Å². The number of aliphatic carboxylic acids is 1. The van der Waals surface area contributed by atoms with Crippen LogP contribution in [0.15, 0.2) is 18.3 Å². The molecule has 110 valence electrons. The van der Waals surface area contributed by atoms with Gasteiger partial charge in [0.05, 0.1) is 23.7 Å². The Bertz CT molecular complexity index is 686. The fraction of sp³-hybridized carbons (Fsp3) is 0.308. The van der Waals surface area contributed by atoms with Crippen molar-refractivity contribution >= 4 is 17.6 Å². The highest BCUT2D eigenvalue weighted by molar-refractivity contribution is 6.32. The average Bonchev–Trinajstić information content (AvgIpc) is 3.05. The van der Waals surface area contributed by atoms with Crippen molar-refractivity contribution in [1.82, 2.24) is 15.0 Å². The Kier molecular flexibility index (Phi) is 3.66. The number of fused-ring (bicyclic) bond motifs is 1. The minimum atomic E-state index is -0.855. The second kappa shape index (κ2) is 5.61. The van der Waals surface area contributed by atoms with E-state index in [-0.39, 0.29) is 13.2 Å². The van der Waals surface area contributed by atoms with E-state index >= 15 is 0 Å². The van der Waals surface area contributed by atoms with Crippen LogP contribution in [0.1, 0.15) is 17.7 Å². The second-order valence-electron chi connectivity index (χ2n) is 4.61. The SMILES string of the molecule is O=C(O)CCc1cn(Cc2cc(Cl)c3c(c2)OCO3)nn1. The second-order valence-corrected chi connectivity index (χ2v) is 5.02. The molecule has 0 saturated carbocycles. The molecule has 3 rings (SSSR count). The molecule has 1 aromatic heterocycles. The topological polar surface area (TPSA) is 86.5 Å². The summed E-state index contributed by atoms with van der Waals surface area (Å²) in [6.07, 6.45) is 2.12. The molecule has 0 aliphatic carbocycles. The number of benzene rings is 1. The van der Waals surface area contributed by atoms with Crippen LogP contribution in [0.3, 0.4) is 0 Å². The standard InChI is InChI=1S/C13H12ClN3O4/c14-10-3-8(4-11-13(10)21-7-20-11)5-17-6-9(15-16-17)1-2-12(18)19/h3-4,6H,1-2,5,7H2,(H,18,19). The van der Waals surface area contributed by atoms with Crippen LogP contribution in [-0.4, -0.2) is 32.9 Å². The maximum Gasteiger partial charge on any atom is 0.303 e. The van der Waals surface area contributed by atoms with Gasteiger partial charge in [0.15, 0.2) is 11.5 Å². The van der Waals surface area contributed by atoms with E-state index in [2.05, 4.69) is 10.3 Å². The van der Waals surface area contributed by atoms with Gasteiger partial charge in [-0.15, -0.1) is 5.10 Å². The molecule has 21 heavy (non-hydrogen) atoms.